The first-order valence-electron chi connectivity index (χ1n) is 6.59. The minimum Gasteiger partial charge on any atom is -0.492 e. The molecule has 1 aromatic carbocycles. The molecule has 0 fully saturated rings. The van der Waals surface area contributed by atoms with Gasteiger partial charge in [-0.25, -0.2) is 0 Å². The van der Waals surface area contributed by atoms with Crippen molar-refractivity contribution in [2.75, 3.05) is 6.61 Å². The lowest BCUT2D eigenvalue weighted by atomic mass is 10.1. The second-order valence-corrected chi connectivity index (χ2v) is 4.39. The Morgan fingerprint density at radius 3 is 2.65 bits per heavy atom. The lowest BCUT2D eigenvalue weighted by Gasteiger charge is -2.09. The predicted octanol–water partition coefficient (Wildman–Crippen LogP) is 3.96. The van der Waals surface area contributed by atoms with Crippen LogP contribution < -0.4 is 4.74 Å². The van der Waals surface area contributed by atoms with Crippen molar-refractivity contribution in [2.24, 2.45) is 0 Å². The highest BCUT2D eigenvalue weighted by molar-refractivity contribution is 5.65. The van der Waals surface area contributed by atoms with E-state index in [0.29, 0.717) is 6.61 Å². The number of para-hydroxylation sites is 1. The Hall–Kier alpha value is -2.55. The highest BCUT2D eigenvalue weighted by Gasteiger charge is 2.07. The average Bonchev–Trinajstić information content (AvgIpc) is 3.03. The van der Waals surface area contributed by atoms with Crippen molar-refractivity contribution in [1.29, 1.82) is 0 Å². The molecule has 100 valence electrons. The molecule has 0 atom stereocenters. The van der Waals surface area contributed by atoms with E-state index < -0.39 is 0 Å². The van der Waals surface area contributed by atoms with Gasteiger partial charge >= 0.3 is 0 Å². The van der Waals surface area contributed by atoms with Gasteiger partial charge in [0.05, 0.1) is 18.4 Å². The van der Waals surface area contributed by atoms with Gasteiger partial charge in [-0.15, -0.1) is 0 Å². The van der Waals surface area contributed by atoms with E-state index in [4.69, 9.17) is 9.15 Å². The minimum absolute atomic E-state index is 0.592. The number of pyridine rings is 1. The summed E-state index contributed by atoms with van der Waals surface area (Å²) >= 11 is 0. The summed E-state index contributed by atoms with van der Waals surface area (Å²) in [5.41, 5.74) is 2.00. The summed E-state index contributed by atoms with van der Waals surface area (Å²) in [5.74, 6) is 1.65. The van der Waals surface area contributed by atoms with Gasteiger partial charge < -0.3 is 9.15 Å². The first kappa shape index (κ1) is 12.5. The van der Waals surface area contributed by atoms with Crippen LogP contribution in [0.3, 0.4) is 0 Å². The molecule has 3 aromatic rings. The van der Waals surface area contributed by atoms with Crippen molar-refractivity contribution in [3.05, 3.63) is 72.8 Å². The number of aromatic nitrogens is 1. The van der Waals surface area contributed by atoms with Gasteiger partial charge in [-0.1, -0.05) is 18.2 Å². The molecule has 20 heavy (non-hydrogen) atoms. The van der Waals surface area contributed by atoms with E-state index in [2.05, 4.69) is 4.98 Å². The highest BCUT2D eigenvalue weighted by Crippen LogP contribution is 2.29. The number of furan rings is 1. The van der Waals surface area contributed by atoms with E-state index in [1.54, 1.807) is 12.5 Å². The number of ether oxygens (including phenoxy) is 1. The molecule has 2 heterocycles. The van der Waals surface area contributed by atoms with Crippen molar-refractivity contribution in [1.82, 2.24) is 4.98 Å². The topological polar surface area (TPSA) is 35.3 Å². The predicted molar refractivity (Wildman–Crippen MR) is 77.6 cm³/mol. The molecule has 0 unspecified atom stereocenters. The zero-order valence-corrected chi connectivity index (χ0v) is 11.0. The Balaban J connectivity index is 1.69. The van der Waals surface area contributed by atoms with Crippen LogP contribution in [0.5, 0.6) is 5.75 Å². The average molecular weight is 265 g/mol. The van der Waals surface area contributed by atoms with Crippen molar-refractivity contribution in [3.63, 3.8) is 0 Å². The highest BCUT2D eigenvalue weighted by atomic mass is 16.5. The second kappa shape index (κ2) is 6.06. The van der Waals surface area contributed by atoms with Gasteiger partial charge in [0.15, 0.2) is 0 Å². The van der Waals surface area contributed by atoms with Crippen LogP contribution in [-0.2, 0) is 6.42 Å². The van der Waals surface area contributed by atoms with Gasteiger partial charge in [0.2, 0.25) is 0 Å². The summed E-state index contributed by atoms with van der Waals surface area (Å²) in [6.45, 7) is 0.592. The maximum absolute atomic E-state index is 5.86. The molecule has 0 N–H and O–H groups in total. The molecule has 0 bridgehead atoms. The van der Waals surface area contributed by atoms with E-state index in [0.717, 1.165) is 29.2 Å². The molecule has 2 aromatic heterocycles. The molecule has 0 spiro atoms. The van der Waals surface area contributed by atoms with Crippen LogP contribution >= 0.6 is 0 Å². The van der Waals surface area contributed by atoms with E-state index in [1.165, 1.54) is 0 Å². The summed E-state index contributed by atoms with van der Waals surface area (Å²) < 4.78 is 11.3. The molecule has 3 rings (SSSR count). The molecular weight excluding hydrogens is 250 g/mol. The van der Waals surface area contributed by atoms with Gasteiger partial charge in [0.1, 0.15) is 11.5 Å². The third kappa shape index (κ3) is 2.88. The number of nitrogens with zero attached hydrogens (tertiary/aromatic N) is 1. The van der Waals surface area contributed by atoms with E-state index in [-0.39, 0.29) is 0 Å². The van der Waals surface area contributed by atoms with Crippen LogP contribution in [-0.4, -0.2) is 11.6 Å². The van der Waals surface area contributed by atoms with Gasteiger partial charge in [0.25, 0.3) is 0 Å². The van der Waals surface area contributed by atoms with Gasteiger partial charge in [-0.05, 0) is 36.4 Å². The molecule has 0 aliphatic rings. The lowest BCUT2D eigenvalue weighted by molar-refractivity contribution is 0.321. The third-order valence-electron chi connectivity index (χ3n) is 3.02. The van der Waals surface area contributed by atoms with Crippen LogP contribution in [0.25, 0.3) is 11.3 Å². The number of hydrogen-bond donors (Lipinski definition) is 0. The Morgan fingerprint density at radius 1 is 0.950 bits per heavy atom. The summed E-state index contributed by atoms with van der Waals surface area (Å²) in [4.78, 5) is 4.28. The molecule has 0 saturated carbocycles. The summed E-state index contributed by atoms with van der Waals surface area (Å²) in [6.07, 6.45) is 4.25. The van der Waals surface area contributed by atoms with Crippen molar-refractivity contribution >= 4 is 0 Å². The second-order valence-electron chi connectivity index (χ2n) is 4.39. The van der Waals surface area contributed by atoms with E-state index >= 15 is 0 Å². The third-order valence-corrected chi connectivity index (χ3v) is 3.02. The first-order valence-corrected chi connectivity index (χ1v) is 6.59. The zero-order valence-electron chi connectivity index (χ0n) is 11.0. The van der Waals surface area contributed by atoms with Crippen LogP contribution in [0.15, 0.2) is 71.5 Å². The normalized spacial score (nSPS) is 10.4. The fourth-order valence-electron chi connectivity index (χ4n) is 2.04. The zero-order chi connectivity index (χ0) is 13.6. The Kier molecular flexibility index (Phi) is 3.78. The minimum atomic E-state index is 0.592. The van der Waals surface area contributed by atoms with Crippen molar-refractivity contribution in [3.8, 4) is 17.1 Å². The van der Waals surface area contributed by atoms with Crippen LogP contribution in [0.1, 0.15) is 5.69 Å². The Bertz CT molecular complexity index is 648. The standard InChI is InChI=1S/C17H15NO2/c1-2-8-16(15(7-1)17-9-5-12-19-17)20-13-10-14-6-3-4-11-18-14/h1-9,11-12H,10,13H2. The van der Waals surface area contributed by atoms with Crippen LogP contribution in [0, 0.1) is 0 Å². The Labute approximate surface area is 117 Å². The molecule has 0 saturated heterocycles. The SMILES string of the molecule is c1ccc(CCOc2ccccc2-c2ccco2)nc1. The van der Waals surface area contributed by atoms with Crippen LogP contribution in [0.4, 0.5) is 0 Å². The Morgan fingerprint density at radius 2 is 1.85 bits per heavy atom. The fourth-order valence-corrected chi connectivity index (χ4v) is 2.04. The molecule has 0 aliphatic carbocycles. The smallest absolute Gasteiger partial charge is 0.137 e. The van der Waals surface area contributed by atoms with Gasteiger partial charge in [0, 0.05) is 18.3 Å². The van der Waals surface area contributed by atoms with Crippen LogP contribution in [0.2, 0.25) is 0 Å². The number of benzene rings is 1. The summed E-state index contributed by atoms with van der Waals surface area (Å²) in [5, 5.41) is 0. The fraction of sp³-hybridized carbons (Fsp3) is 0.118. The van der Waals surface area contributed by atoms with Crippen molar-refractivity contribution in [2.45, 2.75) is 6.42 Å². The van der Waals surface area contributed by atoms with E-state index in [9.17, 15) is 0 Å². The van der Waals surface area contributed by atoms with Crippen molar-refractivity contribution < 1.29 is 9.15 Å². The molecule has 3 nitrogen and oxygen atoms in total. The summed E-state index contributed by atoms with van der Waals surface area (Å²) in [6, 6.07) is 17.6. The maximum Gasteiger partial charge on any atom is 0.137 e. The van der Waals surface area contributed by atoms with Gasteiger partial charge in [-0.2, -0.15) is 0 Å². The number of rotatable bonds is 5. The molecular formula is C17H15NO2. The van der Waals surface area contributed by atoms with E-state index in [1.807, 2.05) is 54.6 Å². The monoisotopic (exact) mass is 265 g/mol. The molecule has 0 amide bonds. The number of hydrogen-bond acceptors (Lipinski definition) is 3. The summed E-state index contributed by atoms with van der Waals surface area (Å²) in [7, 11) is 0. The quantitative estimate of drug-likeness (QED) is 0.700. The molecule has 0 aliphatic heterocycles. The first-order chi connectivity index (χ1) is 9.93. The maximum atomic E-state index is 5.86. The lowest BCUT2D eigenvalue weighted by Crippen LogP contribution is -2.03. The largest absolute Gasteiger partial charge is 0.492 e. The molecule has 0 radical (unpaired) electrons. The van der Waals surface area contributed by atoms with Gasteiger partial charge in [-0.3, -0.25) is 4.98 Å². The molecule has 3 heteroatoms.